The summed E-state index contributed by atoms with van der Waals surface area (Å²) in [5.74, 6) is -0.220. The van der Waals surface area contributed by atoms with Crippen LogP contribution in [0.4, 0.5) is 0 Å². The quantitative estimate of drug-likeness (QED) is 0.777. The summed E-state index contributed by atoms with van der Waals surface area (Å²) in [4.78, 5) is 22.8. The highest BCUT2D eigenvalue weighted by molar-refractivity contribution is 5.82. The van der Waals surface area contributed by atoms with Crippen molar-refractivity contribution in [1.29, 1.82) is 0 Å². The molecule has 20 heavy (non-hydrogen) atoms. The van der Waals surface area contributed by atoms with Crippen molar-refractivity contribution in [2.75, 3.05) is 0 Å². The van der Waals surface area contributed by atoms with Crippen molar-refractivity contribution in [1.82, 2.24) is 14.2 Å². The molecule has 3 aromatic rings. The van der Waals surface area contributed by atoms with E-state index in [0.29, 0.717) is 23.3 Å². The van der Waals surface area contributed by atoms with Crippen molar-refractivity contribution in [3.05, 3.63) is 34.6 Å². The van der Waals surface area contributed by atoms with E-state index in [1.165, 1.54) is 4.68 Å². The average Bonchev–Trinajstić information content (AvgIpc) is 2.94. The Labute approximate surface area is 113 Å². The van der Waals surface area contributed by atoms with E-state index in [9.17, 15) is 9.59 Å². The highest BCUT2D eigenvalue weighted by Gasteiger charge is 2.13. The smallest absolute Gasteiger partial charge is 0.303 e. The van der Waals surface area contributed by atoms with Gasteiger partial charge in [-0.3, -0.25) is 14.0 Å². The summed E-state index contributed by atoms with van der Waals surface area (Å²) in [6.45, 7) is 2.08. The predicted molar refractivity (Wildman–Crippen MR) is 70.8 cm³/mol. The standard InChI is InChI=1S/C13H13N3O4/c1-8-14-15(5-2-3-12(17)18)13(19)10-7-11-9(16(8)10)4-6-20-11/h4,6-7H,2-3,5H2,1H3,(H,17,18). The van der Waals surface area contributed by atoms with Crippen LogP contribution >= 0.6 is 0 Å². The van der Waals surface area contributed by atoms with Crippen LogP contribution in [0.3, 0.4) is 0 Å². The van der Waals surface area contributed by atoms with Crippen LogP contribution in [-0.2, 0) is 11.3 Å². The molecule has 0 aliphatic carbocycles. The van der Waals surface area contributed by atoms with E-state index in [4.69, 9.17) is 9.52 Å². The van der Waals surface area contributed by atoms with Crippen molar-refractivity contribution in [2.45, 2.75) is 26.3 Å². The molecule has 3 aromatic heterocycles. The fourth-order valence-corrected chi connectivity index (χ4v) is 2.36. The molecule has 7 heteroatoms. The van der Waals surface area contributed by atoms with Crippen molar-refractivity contribution in [3.63, 3.8) is 0 Å². The Morgan fingerprint density at radius 2 is 2.25 bits per heavy atom. The molecule has 0 amide bonds. The van der Waals surface area contributed by atoms with E-state index < -0.39 is 5.97 Å². The maximum absolute atomic E-state index is 12.3. The first-order chi connectivity index (χ1) is 9.58. The lowest BCUT2D eigenvalue weighted by atomic mass is 10.3. The minimum absolute atomic E-state index is 0.0156. The van der Waals surface area contributed by atoms with Crippen molar-refractivity contribution < 1.29 is 14.3 Å². The van der Waals surface area contributed by atoms with Gasteiger partial charge < -0.3 is 9.52 Å². The molecule has 0 fully saturated rings. The minimum atomic E-state index is -0.879. The van der Waals surface area contributed by atoms with Crippen LogP contribution in [0.1, 0.15) is 18.7 Å². The van der Waals surface area contributed by atoms with Gasteiger partial charge in [-0.2, -0.15) is 5.10 Å². The minimum Gasteiger partial charge on any atom is -0.481 e. The Morgan fingerprint density at radius 1 is 1.45 bits per heavy atom. The third kappa shape index (κ3) is 1.87. The molecule has 7 nitrogen and oxygen atoms in total. The summed E-state index contributed by atoms with van der Waals surface area (Å²) in [7, 11) is 0. The Bertz CT molecular complexity index is 856. The Kier molecular flexibility index (Phi) is 2.81. The maximum atomic E-state index is 12.3. The molecule has 0 bridgehead atoms. The van der Waals surface area contributed by atoms with Gasteiger partial charge in [-0.15, -0.1) is 0 Å². The van der Waals surface area contributed by atoms with Crippen LogP contribution in [0, 0.1) is 6.92 Å². The lowest BCUT2D eigenvalue weighted by Crippen LogP contribution is -2.26. The molecule has 3 rings (SSSR count). The lowest BCUT2D eigenvalue weighted by molar-refractivity contribution is -0.137. The number of furan rings is 1. The topological polar surface area (TPSA) is 89.7 Å². The van der Waals surface area contributed by atoms with E-state index >= 15 is 0 Å². The van der Waals surface area contributed by atoms with Gasteiger partial charge in [0.05, 0.1) is 11.8 Å². The summed E-state index contributed by atoms with van der Waals surface area (Å²) in [5.41, 5.74) is 1.68. The highest BCUT2D eigenvalue weighted by atomic mass is 16.4. The van der Waals surface area contributed by atoms with Crippen LogP contribution in [-0.4, -0.2) is 25.3 Å². The van der Waals surface area contributed by atoms with Crippen LogP contribution in [0.5, 0.6) is 0 Å². The molecule has 0 radical (unpaired) electrons. The summed E-state index contributed by atoms with van der Waals surface area (Å²) in [5, 5.41) is 12.9. The van der Waals surface area contributed by atoms with E-state index in [0.717, 1.165) is 5.52 Å². The van der Waals surface area contributed by atoms with E-state index in [2.05, 4.69) is 5.10 Å². The zero-order valence-electron chi connectivity index (χ0n) is 10.9. The van der Waals surface area contributed by atoms with E-state index in [1.807, 2.05) is 0 Å². The molecular formula is C13H13N3O4. The van der Waals surface area contributed by atoms with Gasteiger partial charge in [0.2, 0.25) is 0 Å². The number of aryl methyl sites for hydroxylation is 2. The molecule has 1 N–H and O–H groups in total. The van der Waals surface area contributed by atoms with E-state index in [1.54, 1.807) is 29.7 Å². The molecule has 3 heterocycles. The van der Waals surface area contributed by atoms with Gasteiger partial charge in [-0.05, 0) is 13.3 Å². The van der Waals surface area contributed by atoms with Crippen LogP contribution in [0.25, 0.3) is 16.6 Å². The molecule has 0 aliphatic heterocycles. The molecular weight excluding hydrogens is 262 g/mol. The third-order valence-corrected chi connectivity index (χ3v) is 3.23. The summed E-state index contributed by atoms with van der Waals surface area (Å²) in [6.07, 6.45) is 1.95. The fraction of sp³-hybridized carbons (Fsp3) is 0.308. The van der Waals surface area contributed by atoms with Gasteiger partial charge in [0.15, 0.2) is 5.58 Å². The Hall–Kier alpha value is -2.57. The van der Waals surface area contributed by atoms with E-state index in [-0.39, 0.29) is 18.5 Å². The Balaban J connectivity index is 2.09. The van der Waals surface area contributed by atoms with Crippen molar-refractivity contribution in [2.24, 2.45) is 0 Å². The van der Waals surface area contributed by atoms with Gasteiger partial charge in [-0.1, -0.05) is 0 Å². The summed E-state index contributed by atoms with van der Waals surface area (Å²) < 4.78 is 8.35. The number of aliphatic carboxylic acids is 1. The van der Waals surface area contributed by atoms with Crippen molar-refractivity contribution >= 4 is 22.6 Å². The van der Waals surface area contributed by atoms with Gasteiger partial charge >= 0.3 is 5.97 Å². The zero-order valence-corrected chi connectivity index (χ0v) is 10.9. The fourth-order valence-electron chi connectivity index (χ4n) is 2.36. The molecule has 104 valence electrons. The highest BCUT2D eigenvalue weighted by Crippen LogP contribution is 2.19. The molecule has 0 aromatic carbocycles. The number of carbonyl (C=O) groups is 1. The average molecular weight is 275 g/mol. The SMILES string of the molecule is Cc1nn(CCCC(=O)O)c(=O)c2cc3occc3n12. The second-order valence-corrected chi connectivity index (χ2v) is 4.61. The first kappa shape index (κ1) is 12.5. The van der Waals surface area contributed by atoms with Crippen LogP contribution in [0.15, 0.2) is 27.6 Å². The van der Waals surface area contributed by atoms with Gasteiger partial charge in [0, 0.05) is 25.1 Å². The second kappa shape index (κ2) is 4.52. The largest absolute Gasteiger partial charge is 0.481 e. The number of aromatic nitrogens is 3. The monoisotopic (exact) mass is 275 g/mol. The first-order valence-electron chi connectivity index (χ1n) is 6.26. The predicted octanol–water partition coefficient (Wildman–Crippen LogP) is 1.42. The first-order valence-corrected chi connectivity index (χ1v) is 6.26. The summed E-state index contributed by atoms with van der Waals surface area (Å²) >= 11 is 0. The lowest BCUT2D eigenvalue weighted by Gasteiger charge is -2.07. The number of hydrogen-bond donors (Lipinski definition) is 1. The Morgan fingerprint density at radius 3 is 3.00 bits per heavy atom. The van der Waals surface area contributed by atoms with Crippen molar-refractivity contribution in [3.8, 4) is 0 Å². The number of carboxylic acids is 1. The number of fused-ring (bicyclic) bond motifs is 3. The number of rotatable bonds is 4. The molecule has 0 unspecified atom stereocenters. The molecule has 0 spiro atoms. The second-order valence-electron chi connectivity index (χ2n) is 4.61. The maximum Gasteiger partial charge on any atom is 0.303 e. The van der Waals surface area contributed by atoms with Gasteiger partial charge in [0.25, 0.3) is 5.56 Å². The number of carboxylic acid groups (broad SMARTS) is 1. The number of hydrogen-bond acceptors (Lipinski definition) is 4. The third-order valence-electron chi connectivity index (χ3n) is 3.23. The normalized spacial score (nSPS) is 11.4. The molecule has 0 aliphatic rings. The zero-order chi connectivity index (χ0) is 14.3. The van der Waals surface area contributed by atoms with Crippen LogP contribution < -0.4 is 5.56 Å². The molecule has 0 saturated carbocycles. The number of nitrogens with zero attached hydrogens (tertiary/aromatic N) is 3. The van der Waals surface area contributed by atoms with Crippen LogP contribution in [0.2, 0.25) is 0 Å². The molecule has 0 atom stereocenters. The van der Waals surface area contributed by atoms with Gasteiger partial charge in [0.1, 0.15) is 11.3 Å². The molecule has 0 saturated heterocycles. The van der Waals surface area contributed by atoms with Gasteiger partial charge in [-0.25, -0.2) is 4.68 Å². The summed E-state index contributed by atoms with van der Waals surface area (Å²) in [6, 6.07) is 3.46.